The number of halogens is 1. The van der Waals surface area contributed by atoms with Gasteiger partial charge in [0.05, 0.1) is 11.9 Å². The topological polar surface area (TPSA) is 80.2 Å². The number of hydrogen-bond acceptors (Lipinski definition) is 3. The molecule has 0 unspecified atom stereocenters. The quantitative estimate of drug-likeness (QED) is 0.903. The third-order valence-electron chi connectivity index (χ3n) is 3.13. The zero-order valence-corrected chi connectivity index (χ0v) is 13.2. The fourth-order valence-corrected chi connectivity index (χ4v) is 2.47. The first kappa shape index (κ1) is 16.0. The Hall–Kier alpha value is -2.35. The summed E-state index contributed by atoms with van der Waals surface area (Å²) >= 11 is 0. The van der Waals surface area contributed by atoms with Crippen molar-refractivity contribution < 1.29 is 17.6 Å². The van der Waals surface area contributed by atoms with Crippen LogP contribution in [0.15, 0.2) is 30.3 Å². The Morgan fingerprint density at radius 1 is 1.23 bits per heavy atom. The third kappa shape index (κ3) is 3.64. The predicted octanol–water partition coefficient (Wildman–Crippen LogP) is 2.10. The Labute approximate surface area is 128 Å². The molecule has 22 heavy (non-hydrogen) atoms. The fourth-order valence-electron chi connectivity index (χ4n) is 1.92. The molecule has 0 atom stereocenters. The van der Waals surface area contributed by atoms with Crippen LogP contribution in [0.2, 0.25) is 0 Å². The maximum absolute atomic E-state index is 13.6. The van der Waals surface area contributed by atoms with E-state index >= 15 is 0 Å². The van der Waals surface area contributed by atoms with Crippen molar-refractivity contribution >= 4 is 27.3 Å². The van der Waals surface area contributed by atoms with Crippen molar-refractivity contribution in [3.8, 4) is 0 Å². The lowest BCUT2D eigenvalue weighted by Gasteiger charge is -2.10. The van der Waals surface area contributed by atoms with E-state index in [1.54, 1.807) is 23.7 Å². The lowest BCUT2D eigenvalue weighted by molar-refractivity contribution is 0.101. The summed E-state index contributed by atoms with van der Waals surface area (Å²) in [5, 5.41) is 2.60. The van der Waals surface area contributed by atoms with Crippen molar-refractivity contribution in [2.24, 2.45) is 7.05 Å². The van der Waals surface area contributed by atoms with Gasteiger partial charge in [0.25, 0.3) is 5.91 Å². The summed E-state index contributed by atoms with van der Waals surface area (Å²) < 4.78 is 39.7. The molecule has 2 rings (SSSR count). The van der Waals surface area contributed by atoms with Crippen molar-refractivity contribution in [2.75, 3.05) is 16.3 Å². The molecular formula is C14H16FN3O3S. The Kier molecular flexibility index (Phi) is 4.23. The molecule has 0 spiro atoms. The molecular weight excluding hydrogens is 309 g/mol. The van der Waals surface area contributed by atoms with Crippen molar-refractivity contribution in [2.45, 2.75) is 6.92 Å². The molecule has 1 heterocycles. The smallest absolute Gasteiger partial charge is 0.272 e. The van der Waals surface area contributed by atoms with Gasteiger partial charge in [-0.25, -0.2) is 12.8 Å². The van der Waals surface area contributed by atoms with E-state index < -0.39 is 15.8 Å². The number of amides is 1. The highest BCUT2D eigenvalue weighted by Gasteiger charge is 2.13. The molecule has 2 aromatic rings. The number of carbonyl (C=O) groups is 1. The van der Waals surface area contributed by atoms with Crippen molar-refractivity contribution in [3.05, 3.63) is 47.5 Å². The van der Waals surface area contributed by atoms with Crippen LogP contribution in [0, 0.1) is 12.7 Å². The Morgan fingerprint density at radius 3 is 2.45 bits per heavy atom. The van der Waals surface area contributed by atoms with Gasteiger partial charge in [-0.3, -0.25) is 9.52 Å². The first-order chi connectivity index (χ1) is 10.2. The number of rotatable bonds is 4. The minimum Gasteiger partial charge on any atom is -0.344 e. The normalized spacial score (nSPS) is 11.3. The predicted molar refractivity (Wildman–Crippen MR) is 83.0 cm³/mol. The number of aromatic nitrogens is 1. The van der Waals surface area contributed by atoms with Gasteiger partial charge in [-0.2, -0.15) is 0 Å². The molecule has 0 aliphatic rings. The highest BCUT2D eigenvalue weighted by Crippen LogP contribution is 2.21. The molecule has 0 saturated carbocycles. The molecule has 1 aromatic heterocycles. The SMILES string of the molecule is Cc1ccc(C(=O)Nc2ccc(F)c(NS(C)(=O)=O)c2)n1C. The van der Waals surface area contributed by atoms with E-state index in [4.69, 9.17) is 0 Å². The lowest BCUT2D eigenvalue weighted by atomic mass is 10.2. The second-order valence-electron chi connectivity index (χ2n) is 4.94. The number of nitrogens with one attached hydrogen (secondary N) is 2. The Bertz CT molecular complexity index is 828. The summed E-state index contributed by atoms with van der Waals surface area (Å²) in [6, 6.07) is 7.14. The molecule has 0 saturated heterocycles. The second kappa shape index (κ2) is 5.80. The zero-order chi connectivity index (χ0) is 16.5. The maximum atomic E-state index is 13.6. The molecule has 0 fully saturated rings. The molecule has 0 radical (unpaired) electrons. The van der Waals surface area contributed by atoms with Crippen LogP contribution in [0.5, 0.6) is 0 Å². The van der Waals surface area contributed by atoms with Gasteiger partial charge in [-0.05, 0) is 37.3 Å². The number of benzene rings is 1. The molecule has 0 bridgehead atoms. The summed E-state index contributed by atoms with van der Waals surface area (Å²) in [4.78, 5) is 12.2. The van der Waals surface area contributed by atoms with Crippen LogP contribution in [0.1, 0.15) is 16.2 Å². The first-order valence-corrected chi connectivity index (χ1v) is 8.27. The van der Waals surface area contributed by atoms with Gasteiger partial charge >= 0.3 is 0 Å². The standard InChI is InChI=1S/C14H16FN3O3S/c1-9-4-7-13(18(9)2)14(19)16-10-5-6-11(15)12(8-10)17-22(3,20)21/h4-8,17H,1-3H3,(H,16,19). The average Bonchev–Trinajstić information content (AvgIpc) is 2.72. The van der Waals surface area contributed by atoms with Crippen LogP contribution in [-0.2, 0) is 17.1 Å². The summed E-state index contributed by atoms with van der Waals surface area (Å²) in [5.74, 6) is -1.09. The fraction of sp³-hybridized carbons (Fsp3) is 0.214. The van der Waals surface area contributed by atoms with Gasteiger partial charge in [0.2, 0.25) is 10.0 Å². The number of aryl methyl sites for hydroxylation is 1. The number of hydrogen-bond donors (Lipinski definition) is 2. The van der Waals surface area contributed by atoms with Crippen molar-refractivity contribution in [1.82, 2.24) is 4.57 Å². The van der Waals surface area contributed by atoms with E-state index in [-0.39, 0.29) is 17.3 Å². The number of anilines is 2. The van der Waals surface area contributed by atoms with Gasteiger partial charge in [0.1, 0.15) is 11.5 Å². The second-order valence-corrected chi connectivity index (χ2v) is 6.69. The largest absolute Gasteiger partial charge is 0.344 e. The van der Waals surface area contributed by atoms with Crippen LogP contribution in [0.3, 0.4) is 0 Å². The zero-order valence-electron chi connectivity index (χ0n) is 12.3. The summed E-state index contributed by atoms with van der Waals surface area (Å²) in [6.45, 7) is 1.86. The molecule has 118 valence electrons. The minimum absolute atomic E-state index is 0.219. The van der Waals surface area contributed by atoms with Gasteiger partial charge in [0, 0.05) is 18.4 Å². The van der Waals surface area contributed by atoms with Crippen molar-refractivity contribution in [3.63, 3.8) is 0 Å². The maximum Gasteiger partial charge on any atom is 0.272 e. The molecule has 2 N–H and O–H groups in total. The highest BCUT2D eigenvalue weighted by atomic mass is 32.2. The third-order valence-corrected chi connectivity index (χ3v) is 3.72. The van der Waals surface area contributed by atoms with Crippen LogP contribution in [-0.4, -0.2) is 25.1 Å². The van der Waals surface area contributed by atoms with Crippen LogP contribution >= 0.6 is 0 Å². The highest BCUT2D eigenvalue weighted by molar-refractivity contribution is 7.92. The lowest BCUT2D eigenvalue weighted by Crippen LogP contribution is -2.16. The summed E-state index contributed by atoms with van der Waals surface area (Å²) in [6.07, 6.45) is 0.921. The van der Waals surface area contributed by atoms with E-state index in [2.05, 4.69) is 10.0 Å². The number of nitrogens with zero attached hydrogens (tertiary/aromatic N) is 1. The van der Waals surface area contributed by atoms with Gasteiger partial charge in [0.15, 0.2) is 0 Å². The van der Waals surface area contributed by atoms with E-state index in [0.29, 0.717) is 5.69 Å². The monoisotopic (exact) mass is 325 g/mol. The van der Waals surface area contributed by atoms with Crippen LogP contribution < -0.4 is 10.0 Å². The Morgan fingerprint density at radius 2 is 1.91 bits per heavy atom. The number of carbonyl (C=O) groups excluding carboxylic acids is 1. The van der Waals surface area contributed by atoms with Gasteiger partial charge < -0.3 is 9.88 Å². The number of sulfonamides is 1. The van der Waals surface area contributed by atoms with Gasteiger partial charge in [-0.1, -0.05) is 0 Å². The summed E-state index contributed by atoms with van der Waals surface area (Å²) in [7, 11) is -1.85. The first-order valence-electron chi connectivity index (χ1n) is 6.38. The van der Waals surface area contributed by atoms with E-state index in [0.717, 1.165) is 18.0 Å². The summed E-state index contributed by atoms with van der Waals surface area (Å²) in [5.41, 5.74) is 1.43. The van der Waals surface area contributed by atoms with Crippen LogP contribution in [0.4, 0.5) is 15.8 Å². The van der Waals surface area contributed by atoms with Crippen molar-refractivity contribution in [1.29, 1.82) is 0 Å². The van der Waals surface area contributed by atoms with E-state index in [1.165, 1.54) is 12.1 Å². The van der Waals surface area contributed by atoms with E-state index in [1.807, 2.05) is 6.92 Å². The molecule has 0 aliphatic heterocycles. The molecule has 1 amide bonds. The average molecular weight is 325 g/mol. The van der Waals surface area contributed by atoms with Crippen LogP contribution in [0.25, 0.3) is 0 Å². The van der Waals surface area contributed by atoms with Gasteiger partial charge in [-0.15, -0.1) is 0 Å². The molecule has 1 aromatic carbocycles. The minimum atomic E-state index is -3.61. The Balaban J connectivity index is 2.25. The van der Waals surface area contributed by atoms with E-state index in [9.17, 15) is 17.6 Å². The molecule has 0 aliphatic carbocycles. The molecule has 6 nitrogen and oxygen atoms in total. The molecule has 8 heteroatoms.